The van der Waals surface area contributed by atoms with Crippen LogP contribution in [0.4, 0.5) is 10.1 Å². The highest BCUT2D eigenvalue weighted by Crippen LogP contribution is 2.39. The van der Waals surface area contributed by atoms with Crippen LogP contribution in [0.15, 0.2) is 35.5 Å². The maximum absolute atomic E-state index is 13.0. The Labute approximate surface area is 250 Å². The van der Waals surface area contributed by atoms with Gasteiger partial charge in [-0.15, -0.1) is 0 Å². The van der Waals surface area contributed by atoms with E-state index in [1.165, 1.54) is 19.2 Å². The molecular weight excluding hydrogens is 539 g/mol. The highest BCUT2D eigenvalue weighted by molar-refractivity contribution is 5.61. The number of nitrogens with zero attached hydrogens (tertiary/aromatic N) is 4. The van der Waals surface area contributed by atoms with Gasteiger partial charge in [0.25, 0.3) is 0 Å². The van der Waals surface area contributed by atoms with Gasteiger partial charge in [-0.2, -0.15) is 4.91 Å². The molecule has 11 heteroatoms. The largest absolute Gasteiger partial charge is 0.390 e. The summed E-state index contributed by atoms with van der Waals surface area (Å²) >= 11 is 0. The smallest absolute Gasteiger partial charge is 0.133 e. The molecule has 5 rings (SSSR count). The van der Waals surface area contributed by atoms with E-state index in [4.69, 9.17) is 14.6 Å². The van der Waals surface area contributed by atoms with E-state index in [2.05, 4.69) is 66.4 Å². The zero-order chi connectivity index (χ0) is 31.1. The van der Waals surface area contributed by atoms with Crippen LogP contribution >= 0.6 is 0 Å². The van der Waals surface area contributed by atoms with Crippen LogP contribution in [0.25, 0.3) is 0 Å². The Kier molecular flexibility index (Phi) is 15.1. The molecule has 0 spiro atoms. The first-order valence-electron chi connectivity index (χ1n) is 14.6. The van der Waals surface area contributed by atoms with Crippen LogP contribution in [-0.4, -0.2) is 99.9 Å². The minimum Gasteiger partial charge on any atom is -0.390 e. The number of carbonyl (C=O) groups is 1. The van der Waals surface area contributed by atoms with Crippen molar-refractivity contribution in [3.05, 3.63) is 63.6 Å². The Morgan fingerprint density at radius 3 is 2.38 bits per heavy atom. The van der Waals surface area contributed by atoms with Crippen LogP contribution in [-0.2, 0) is 28.0 Å². The van der Waals surface area contributed by atoms with Crippen LogP contribution in [0.1, 0.15) is 50.2 Å². The summed E-state index contributed by atoms with van der Waals surface area (Å²) in [7, 11) is 3.26. The molecule has 0 radical (unpaired) electrons. The topological polar surface area (TPSA) is 119 Å². The third-order valence-corrected chi connectivity index (χ3v) is 7.36. The number of hydrogen-bond donors (Lipinski definition) is 3. The highest BCUT2D eigenvalue weighted by atomic mass is 19.1. The summed E-state index contributed by atoms with van der Waals surface area (Å²) in [4.78, 5) is 28.0. The normalized spacial score (nSPS) is 20.9. The van der Waals surface area contributed by atoms with Crippen molar-refractivity contribution in [2.75, 3.05) is 71.5 Å². The lowest BCUT2D eigenvalue weighted by molar-refractivity contribution is -0.109. The second kappa shape index (κ2) is 18.0. The first-order valence-corrected chi connectivity index (χ1v) is 14.6. The number of ether oxygens (including phenoxy) is 1. The molecule has 2 saturated heterocycles. The number of halogens is 1. The van der Waals surface area contributed by atoms with E-state index in [0.717, 1.165) is 74.7 Å². The number of nitrogens with one attached hydrogen (secondary N) is 2. The maximum atomic E-state index is 13.0. The standard InChI is InChI=1S/C18H21FN2O.C8H16N2O.C4H9NO.CH3NO/c1-18(2)11-21(3)16-9-13(15(10-22)20-17(16)18)8-12-4-6-14(19)7-5-12;1-7-6-10(3-4-11)8(2)5-9-7;1-3-6-4-2-5-1;1-2-3/h4-7,9,22H,8,10-11H2,1-3H3;4,7-9H,3,5-6H2,1-2H3;5H,1-4H2;1H3/t;7?,8-;;/m.0../s1. The molecule has 2 fully saturated rings. The van der Waals surface area contributed by atoms with E-state index in [9.17, 15) is 14.3 Å². The fraction of sp³-hybridized carbons (Fsp3) is 0.613. The molecule has 0 aliphatic carbocycles. The van der Waals surface area contributed by atoms with Crippen LogP contribution in [0.2, 0.25) is 0 Å². The van der Waals surface area contributed by atoms with Crippen LogP contribution in [0.5, 0.6) is 0 Å². The molecule has 3 N–H and O–H groups in total. The molecular formula is C31H49FN6O4. The van der Waals surface area contributed by atoms with Crippen LogP contribution in [0.3, 0.4) is 0 Å². The number of rotatable bonds is 5. The predicted molar refractivity (Wildman–Crippen MR) is 166 cm³/mol. The summed E-state index contributed by atoms with van der Waals surface area (Å²) in [5.41, 5.74) is 4.88. The number of piperazine rings is 1. The molecule has 0 amide bonds. The van der Waals surface area contributed by atoms with Crippen LogP contribution < -0.4 is 15.5 Å². The molecule has 3 aliphatic heterocycles. The van der Waals surface area contributed by atoms with Gasteiger partial charge in [-0.3, -0.25) is 9.88 Å². The Morgan fingerprint density at radius 1 is 1.21 bits per heavy atom. The van der Waals surface area contributed by atoms with E-state index in [0.29, 0.717) is 30.7 Å². The number of carbonyl (C=O) groups excluding carboxylic acids is 1. The van der Waals surface area contributed by atoms with Crippen LogP contribution in [0, 0.1) is 10.7 Å². The quantitative estimate of drug-likeness (QED) is 0.358. The van der Waals surface area contributed by atoms with Gasteiger partial charge >= 0.3 is 0 Å². The monoisotopic (exact) mass is 588 g/mol. The van der Waals surface area contributed by atoms with Gasteiger partial charge in [0, 0.05) is 57.3 Å². The molecule has 1 aromatic heterocycles. The van der Waals surface area contributed by atoms with Crippen molar-refractivity contribution in [2.45, 2.75) is 58.2 Å². The van der Waals surface area contributed by atoms with Crippen molar-refractivity contribution in [2.24, 2.45) is 5.18 Å². The molecule has 4 heterocycles. The summed E-state index contributed by atoms with van der Waals surface area (Å²) in [5.74, 6) is -0.236. The molecule has 234 valence electrons. The van der Waals surface area contributed by atoms with E-state index in [-0.39, 0.29) is 17.8 Å². The second-order valence-corrected chi connectivity index (χ2v) is 11.5. The third kappa shape index (κ3) is 11.1. The molecule has 1 unspecified atom stereocenters. The number of aliphatic hydroxyl groups excluding tert-OH is 1. The molecule has 10 nitrogen and oxygen atoms in total. The minimum atomic E-state index is -0.236. The molecule has 0 saturated carbocycles. The number of pyridine rings is 1. The minimum absolute atomic E-state index is 0.0115. The van der Waals surface area contributed by atoms with E-state index < -0.39 is 0 Å². The molecule has 0 bridgehead atoms. The lowest BCUT2D eigenvalue weighted by Gasteiger charge is -2.36. The molecule has 3 aliphatic rings. The van der Waals surface area contributed by atoms with Gasteiger partial charge in [0.05, 0.1) is 50.5 Å². The Hall–Kier alpha value is -2.83. The zero-order valence-corrected chi connectivity index (χ0v) is 26.0. The summed E-state index contributed by atoms with van der Waals surface area (Å²) in [5, 5.41) is 18.4. The van der Waals surface area contributed by atoms with Crippen molar-refractivity contribution in [1.29, 1.82) is 0 Å². The zero-order valence-electron chi connectivity index (χ0n) is 26.0. The fourth-order valence-electron chi connectivity index (χ4n) is 5.20. The van der Waals surface area contributed by atoms with Crippen molar-refractivity contribution in [3.63, 3.8) is 0 Å². The Morgan fingerprint density at radius 2 is 1.86 bits per heavy atom. The summed E-state index contributed by atoms with van der Waals surface area (Å²) in [6.07, 6.45) is 1.62. The summed E-state index contributed by atoms with van der Waals surface area (Å²) < 4.78 is 18.0. The first-order chi connectivity index (χ1) is 20.1. The molecule has 2 atom stereocenters. The number of hydrogen-bond acceptors (Lipinski definition) is 10. The maximum Gasteiger partial charge on any atom is 0.133 e. The number of fused-ring (bicyclic) bond motifs is 1. The highest BCUT2D eigenvalue weighted by Gasteiger charge is 2.35. The fourth-order valence-corrected chi connectivity index (χ4v) is 5.20. The average Bonchev–Trinajstić information content (AvgIpc) is 3.20. The Balaban J connectivity index is 0.000000254. The van der Waals surface area contributed by atoms with E-state index in [1.54, 1.807) is 12.1 Å². The molecule has 1 aromatic carbocycles. The number of aldehydes is 1. The Bertz CT molecular complexity index is 1090. The lowest BCUT2D eigenvalue weighted by atomic mass is 9.90. The van der Waals surface area contributed by atoms with Gasteiger partial charge in [-0.25, -0.2) is 4.39 Å². The van der Waals surface area contributed by atoms with Gasteiger partial charge in [0.2, 0.25) is 0 Å². The first kappa shape index (κ1) is 35.4. The van der Waals surface area contributed by atoms with E-state index >= 15 is 0 Å². The van der Waals surface area contributed by atoms with Gasteiger partial charge in [-0.1, -0.05) is 31.2 Å². The SMILES string of the molecule is C1COCCN1.CC1CN(CC=O)[C@@H](C)CN1.CN1CC(C)(C)c2nc(CO)c(Cc3ccc(F)cc3)cc21.CN=O. The van der Waals surface area contributed by atoms with Crippen molar-refractivity contribution >= 4 is 12.0 Å². The number of anilines is 1. The number of benzene rings is 1. The summed E-state index contributed by atoms with van der Waals surface area (Å²) in [6, 6.07) is 9.61. The van der Waals surface area contributed by atoms with Gasteiger partial charge in [0.15, 0.2) is 0 Å². The third-order valence-electron chi connectivity index (χ3n) is 7.36. The van der Waals surface area contributed by atoms with Crippen molar-refractivity contribution in [3.8, 4) is 0 Å². The average molecular weight is 589 g/mol. The number of nitroso groups, excluding NO2 is 1. The van der Waals surface area contributed by atoms with Gasteiger partial charge in [-0.05, 0) is 49.6 Å². The number of likely N-dealkylation sites (N-methyl/N-ethyl adjacent to an activating group) is 1. The number of aliphatic hydroxyl groups is 1. The predicted octanol–water partition coefficient (Wildman–Crippen LogP) is 2.89. The van der Waals surface area contributed by atoms with E-state index in [1.807, 2.05) is 0 Å². The van der Waals surface area contributed by atoms with Gasteiger partial charge < -0.3 is 30.2 Å². The number of aromatic nitrogens is 1. The van der Waals surface area contributed by atoms with Crippen molar-refractivity contribution in [1.82, 2.24) is 20.5 Å². The van der Waals surface area contributed by atoms with Gasteiger partial charge in [0.1, 0.15) is 12.1 Å². The number of morpholine rings is 1. The molecule has 42 heavy (non-hydrogen) atoms. The molecule has 2 aromatic rings. The van der Waals surface area contributed by atoms with Crippen molar-refractivity contribution < 1.29 is 19.0 Å². The lowest BCUT2D eigenvalue weighted by Crippen LogP contribution is -2.54. The second-order valence-electron chi connectivity index (χ2n) is 11.5. The summed E-state index contributed by atoms with van der Waals surface area (Å²) in [6.45, 7) is 15.9.